The fourth-order valence-electron chi connectivity index (χ4n) is 3.24. The molecule has 23 heavy (non-hydrogen) atoms. The number of allylic oxidation sites excluding steroid dienone is 2. The number of aromatic nitrogens is 2. The van der Waals surface area contributed by atoms with Gasteiger partial charge in [-0.15, -0.1) is 0 Å². The molecule has 0 radical (unpaired) electrons. The molecular weight excluding hydrogens is 292 g/mol. The van der Waals surface area contributed by atoms with Crippen molar-refractivity contribution in [2.75, 3.05) is 18.0 Å². The zero-order valence-corrected chi connectivity index (χ0v) is 13.5. The normalized spacial score (nSPS) is 21.6. The maximum atomic E-state index is 12.1. The van der Waals surface area contributed by atoms with Gasteiger partial charge in [0.1, 0.15) is 0 Å². The Bertz CT molecular complexity index is 646. The molecule has 1 aromatic rings. The molecule has 124 valence electrons. The van der Waals surface area contributed by atoms with Gasteiger partial charge in [0, 0.05) is 25.6 Å². The molecule has 0 aromatic carbocycles. The number of carbonyl (C=O) groups excluding carboxylic acids is 1. The largest absolute Gasteiger partial charge is 0.348 e. The minimum absolute atomic E-state index is 0.0128. The van der Waals surface area contributed by atoms with Crippen molar-refractivity contribution in [1.29, 1.82) is 0 Å². The lowest BCUT2D eigenvalue weighted by Gasteiger charge is -2.19. The van der Waals surface area contributed by atoms with Crippen LogP contribution in [0.5, 0.6) is 0 Å². The zero-order chi connectivity index (χ0) is 16.2. The van der Waals surface area contributed by atoms with Crippen molar-refractivity contribution < 1.29 is 4.79 Å². The standard InChI is InChI=1S/C17H24N4O2/c1-12(18-15(22)10-13-6-2-3-7-13)14-11-16(23)20-17(19-14)21-8-4-5-9-21/h2,6,11-13H,3-5,7-10H2,1H3,(H,18,22)(H,19,20,23)/t12-,13+/m1/s1. The first-order valence-electron chi connectivity index (χ1n) is 8.44. The number of amides is 1. The molecular formula is C17H24N4O2. The lowest BCUT2D eigenvalue weighted by Crippen LogP contribution is -2.31. The molecule has 1 aliphatic heterocycles. The molecule has 2 N–H and O–H groups in total. The molecule has 1 aromatic heterocycles. The number of nitrogens with one attached hydrogen (secondary N) is 2. The lowest BCUT2D eigenvalue weighted by atomic mass is 10.0. The second-order valence-corrected chi connectivity index (χ2v) is 6.45. The summed E-state index contributed by atoms with van der Waals surface area (Å²) in [6.07, 6.45) is 9.09. The van der Waals surface area contributed by atoms with E-state index < -0.39 is 0 Å². The summed E-state index contributed by atoms with van der Waals surface area (Å²) in [4.78, 5) is 33.5. The second-order valence-electron chi connectivity index (χ2n) is 6.45. The van der Waals surface area contributed by atoms with Gasteiger partial charge >= 0.3 is 0 Å². The van der Waals surface area contributed by atoms with Crippen LogP contribution in [0.25, 0.3) is 0 Å². The van der Waals surface area contributed by atoms with E-state index in [0.717, 1.165) is 38.8 Å². The monoisotopic (exact) mass is 316 g/mol. The van der Waals surface area contributed by atoms with Gasteiger partial charge in [0.25, 0.3) is 5.56 Å². The van der Waals surface area contributed by atoms with E-state index >= 15 is 0 Å². The predicted molar refractivity (Wildman–Crippen MR) is 89.3 cm³/mol. The molecule has 0 unspecified atom stereocenters. The van der Waals surface area contributed by atoms with E-state index in [1.54, 1.807) is 0 Å². The number of rotatable bonds is 5. The molecule has 1 aliphatic carbocycles. The van der Waals surface area contributed by atoms with Crippen molar-refractivity contribution in [3.8, 4) is 0 Å². The topological polar surface area (TPSA) is 78.1 Å². The van der Waals surface area contributed by atoms with Gasteiger partial charge in [-0.25, -0.2) is 4.98 Å². The molecule has 0 spiro atoms. The fourth-order valence-corrected chi connectivity index (χ4v) is 3.24. The molecule has 0 saturated carbocycles. The Morgan fingerprint density at radius 1 is 1.48 bits per heavy atom. The number of H-pyrrole nitrogens is 1. The average Bonchev–Trinajstić information content (AvgIpc) is 3.19. The molecule has 1 saturated heterocycles. The zero-order valence-electron chi connectivity index (χ0n) is 13.5. The number of hydrogen-bond donors (Lipinski definition) is 2. The van der Waals surface area contributed by atoms with Crippen molar-refractivity contribution in [3.05, 3.63) is 34.3 Å². The van der Waals surface area contributed by atoms with Crippen molar-refractivity contribution >= 4 is 11.9 Å². The van der Waals surface area contributed by atoms with Gasteiger partial charge in [-0.1, -0.05) is 12.2 Å². The fraction of sp³-hybridized carbons (Fsp3) is 0.588. The van der Waals surface area contributed by atoms with Crippen LogP contribution in [0.2, 0.25) is 0 Å². The van der Waals surface area contributed by atoms with Crippen molar-refractivity contribution in [2.24, 2.45) is 5.92 Å². The van der Waals surface area contributed by atoms with Crippen LogP contribution < -0.4 is 15.8 Å². The smallest absolute Gasteiger partial charge is 0.252 e. The van der Waals surface area contributed by atoms with Crippen LogP contribution >= 0.6 is 0 Å². The quantitative estimate of drug-likeness (QED) is 0.813. The first-order valence-corrected chi connectivity index (χ1v) is 8.44. The van der Waals surface area contributed by atoms with Crippen molar-refractivity contribution in [1.82, 2.24) is 15.3 Å². The van der Waals surface area contributed by atoms with Crippen LogP contribution in [0.4, 0.5) is 5.95 Å². The van der Waals surface area contributed by atoms with E-state index in [4.69, 9.17) is 0 Å². The Morgan fingerprint density at radius 3 is 2.96 bits per heavy atom. The van der Waals surface area contributed by atoms with Crippen LogP contribution in [-0.2, 0) is 4.79 Å². The Kier molecular flexibility index (Phi) is 4.79. The van der Waals surface area contributed by atoms with Crippen LogP contribution in [0.15, 0.2) is 23.0 Å². The van der Waals surface area contributed by atoms with Gasteiger partial charge in [-0.3, -0.25) is 14.6 Å². The predicted octanol–water partition coefficient (Wildman–Crippen LogP) is 1.90. The SMILES string of the molecule is C[C@@H](NC(=O)C[C@H]1C=CCC1)c1cc(=O)[nH]c(N2CCCC2)n1. The summed E-state index contributed by atoms with van der Waals surface area (Å²) < 4.78 is 0. The number of aromatic amines is 1. The van der Waals surface area contributed by atoms with Crippen LogP contribution in [-0.4, -0.2) is 29.0 Å². The first kappa shape index (κ1) is 15.8. The van der Waals surface area contributed by atoms with Crippen LogP contribution in [0, 0.1) is 5.92 Å². The van der Waals surface area contributed by atoms with Gasteiger partial charge < -0.3 is 10.2 Å². The van der Waals surface area contributed by atoms with E-state index in [9.17, 15) is 9.59 Å². The Hall–Kier alpha value is -2.11. The third kappa shape index (κ3) is 4.00. The minimum Gasteiger partial charge on any atom is -0.348 e. The van der Waals surface area contributed by atoms with Crippen molar-refractivity contribution in [3.63, 3.8) is 0 Å². The molecule has 2 aliphatic rings. The molecule has 2 atom stereocenters. The summed E-state index contributed by atoms with van der Waals surface area (Å²) in [7, 11) is 0. The van der Waals surface area contributed by atoms with E-state index in [0.29, 0.717) is 24.0 Å². The van der Waals surface area contributed by atoms with E-state index in [1.807, 2.05) is 6.92 Å². The average molecular weight is 316 g/mol. The van der Waals surface area contributed by atoms with Crippen LogP contribution in [0.3, 0.4) is 0 Å². The number of nitrogens with zero attached hydrogens (tertiary/aromatic N) is 2. The van der Waals surface area contributed by atoms with Crippen LogP contribution in [0.1, 0.15) is 50.8 Å². The summed E-state index contributed by atoms with van der Waals surface area (Å²) in [6.45, 7) is 3.71. The van der Waals surface area contributed by atoms with Gasteiger partial charge in [0.2, 0.25) is 11.9 Å². The second kappa shape index (κ2) is 6.98. The van der Waals surface area contributed by atoms with Gasteiger partial charge in [-0.2, -0.15) is 0 Å². The molecule has 6 nitrogen and oxygen atoms in total. The maximum Gasteiger partial charge on any atom is 0.252 e. The highest BCUT2D eigenvalue weighted by atomic mass is 16.1. The summed E-state index contributed by atoms with van der Waals surface area (Å²) in [5.41, 5.74) is 0.447. The van der Waals surface area contributed by atoms with Gasteiger partial charge in [-0.05, 0) is 38.5 Å². The molecule has 6 heteroatoms. The summed E-state index contributed by atoms with van der Waals surface area (Å²) in [5.74, 6) is 0.971. The summed E-state index contributed by atoms with van der Waals surface area (Å²) in [6, 6.07) is 1.21. The molecule has 1 amide bonds. The van der Waals surface area contributed by atoms with E-state index in [1.165, 1.54) is 6.07 Å². The van der Waals surface area contributed by atoms with E-state index in [2.05, 4.69) is 32.3 Å². The maximum absolute atomic E-state index is 12.1. The summed E-state index contributed by atoms with van der Waals surface area (Å²) >= 11 is 0. The lowest BCUT2D eigenvalue weighted by molar-refractivity contribution is -0.122. The number of carbonyl (C=O) groups is 1. The molecule has 0 bridgehead atoms. The third-order valence-corrected chi connectivity index (χ3v) is 4.54. The highest BCUT2D eigenvalue weighted by molar-refractivity contribution is 5.76. The Labute approximate surface area is 136 Å². The first-order chi connectivity index (χ1) is 11.1. The molecule has 1 fully saturated rings. The summed E-state index contributed by atoms with van der Waals surface area (Å²) in [5, 5.41) is 2.96. The number of hydrogen-bond acceptors (Lipinski definition) is 4. The van der Waals surface area contributed by atoms with E-state index in [-0.39, 0.29) is 17.5 Å². The minimum atomic E-state index is -0.267. The highest BCUT2D eigenvalue weighted by Crippen LogP contribution is 2.21. The van der Waals surface area contributed by atoms with Gasteiger partial charge in [0.05, 0.1) is 11.7 Å². The Morgan fingerprint density at radius 2 is 2.26 bits per heavy atom. The van der Waals surface area contributed by atoms with Crippen molar-refractivity contribution in [2.45, 2.75) is 45.1 Å². The third-order valence-electron chi connectivity index (χ3n) is 4.54. The van der Waals surface area contributed by atoms with Gasteiger partial charge in [0.15, 0.2) is 0 Å². The molecule has 3 rings (SSSR count). The highest BCUT2D eigenvalue weighted by Gasteiger charge is 2.19. The number of anilines is 1. The Balaban J connectivity index is 1.66. The molecule has 2 heterocycles.